The maximum Gasteiger partial charge on any atom is 0.231 e. The topological polar surface area (TPSA) is 63.1 Å². The Morgan fingerprint density at radius 3 is 2.74 bits per heavy atom. The molecule has 2 aliphatic rings. The number of halogens is 3. The molecule has 8 heteroatoms. The van der Waals surface area contributed by atoms with Gasteiger partial charge in [-0.3, -0.25) is 10.3 Å². The first-order valence-electron chi connectivity index (χ1n) is 9.64. The molecule has 0 saturated carbocycles. The Morgan fingerprint density at radius 1 is 1.03 bits per heavy atom. The fraction of sp³-hybridized carbons (Fsp3) is 0.174. The molecule has 2 N–H and O–H groups in total. The molecular formula is C23H17BrClFN2O3. The molecule has 0 aromatic heterocycles. The SMILES string of the molecule is Oc1ccc(Cl)cc1C1CC(c2ccc3c(c2)OCO3)=NC(c2cc(Br)ccc2F)N1. The number of fused-ring (bicyclic) bond motifs is 1. The van der Waals surface area contributed by atoms with Crippen LogP contribution in [0.3, 0.4) is 0 Å². The van der Waals surface area contributed by atoms with E-state index in [9.17, 15) is 9.50 Å². The number of nitrogens with zero attached hydrogens (tertiary/aromatic N) is 1. The molecule has 0 radical (unpaired) electrons. The predicted octanol–water partition coefficient (Wildman–Crippen LogP) is 5.90. The number of nitrogens with one attached hydrogen (secondary N) is 1. The van der Waals surface area contributed by atoms with Gasteiger partial charge in [0.1, 0.15) is 17.7 Å². The highest BCUT2D eigenvalue weighted by atomic mass is 79.9. The fourth-order valence-electron chi connectivity index (χ4n) is 3.84. The van der Waals surface area contributed by atoms with Gasteiger partial charge in [0.15, 0.2) is 11.5 Å². The second-order valence-corrected chi connectivity index (χ2v) is 8.69. The highest BCUT2D eigenvalue weighted by molar-refractivity contribution is 9.10. The molecule has 0 saturated heterocycles. The summed E-state index contributed by atoms with van der Waals surface area (Å²) in [5.74, 6) is 1.07. The highest BCUT2D eigenvalue weighted by Gasteiger charge is 2.30. The fourth-order valence-corrected chi connectivity index (χ4v) is 4.40. The number of phenols is 1. The van der Waals surface area contributed by atoms with Crippen LogP contribution < -0.4 is 14.8 Å². The van der Waals surface area contributed by atoms with Crippen LogP contribution in [0.1, 0.15) is 35.3 Å². The van der Waals surface area contributed by atoms with E-state index in [2.05, 4.69) is 21.2 Å². The zero-order valence-electron chi connectivity index (χ0n) is 16.1. The van der Waals surface area contributed by atoms with Gasteiger partial charge in [0, 0.05) is 38.8 Å². The van der Waals surface area contributed by atoms with Crippen LogP contribution in [0.2, 0.25) is 5.02 Å². The second-order valence-electron chi connectivity index (χ2n) is 7.34. The molecule has 2 atom stereocenters. The third-order valence-corrected chi connectivity index (χ3v) is 6.09. The second kappa shape index (κ2) is 8.15. The number of aromatic hydroxyl groups is 1. The van der Waals surface area contributed by atoms with E-state index in [1.807, 2.05) is 18.2 Å². The molecule has 2 heterocycles. The van der Waals surface area contributed by atoms with E-state index in [0.29, 0.717) is 34.1 Å². The number of ether oxygens (including phenoxy) is 2. The van der Waals surface area contributed by atoms with Gasteiger partial charge in [-0.25, -0.2) is 4.39 Å². The highest BCUT2D eigenvalue weighted by Crippen LogP contribution is 2.38. The summed E-state index contributed by atoms with van der Waals surface area (Å²) in [6.07, 6.45) is -0.185. The van der Waals surface area contributed by atoms with Crippen molar-refractivity contribution in [3.8, 4) is 17.2 Å². The van der Waals surface area contributed by atoms with Crippen LogP contribution in [0.25, 0.3) is 0 Å². The quantitative estimate of drug-likeness (QED) is 0.467. The minimum absolute atomic E-state index is 0.113. The summed E-state index contributed by atoms with van der Waals surface area (Å²) in [5.41, 5.74) is 2.63. The third-order valence-electron chi connectivity index (χ3n) is 5.36. The molecule has 0 spiro atoms. The van der Waals surface area contributed by atoms with Gasteiger partial charge >= 0.3 is 0 Å². The largest absolute Gasteiger partial charge is 0.508 e. The maximum atomic E-state index is 14.7. The predicted molar refractivity (Wildman–Crippen MR) is 120 cm³/mol. The molecule has 2 aliphatic heterocycles. The smallest absolute Gasteiger partial charge is 0.231 e. The van der Waals surface area contributed by atoms with Gasteiger partial charge in [-0.2, -0.15) is 0 Å². The first kappa shape index (κ1) is 20.3. The molecule has 0 amide bonds. The van der Waals surface area contributed by atoms with Crippen LogP contribution in [-0.4, -0.2) is 17.6 Å². The van der Waals surface area contributed by atoms with Crippen molar-refractivity contribution in [3.05, 3.63) is 86.6 Å². The zero-order chi connectivity index (χ0) is 21.5. The number of hydrogen-bond acceptors (Lipinski definition) is 5. The van der Waals surface area contributed by atoms with E-state index in [4.69, 9.17) is 26.1 Å². The molecule has 5 nitrogen and oxygen atoms in total. The van der Waals surface area contributed by atoms with Crippen LogP contribution in [0.15, 0.2) is 64.1 Å². The molecule has 0 bridgehead atoms. The maximum absolute atomic E-state index is 14.7. The monoisotopic (exact) mass is 502 g/mol. The van der Waals surface area contributed by atoms with Gasteiger partial charge in [-0.1, -0.05) is 27.5 Å². The van der Waals surface area contributed by atoms with Crippen molar-refractivity contribution in [3.63, 3.8) is 0 Å². The molecule has 3 aromatic rings. The Labute approximate surface area is 191 Å². The Hall–Kier alpha value is -2.61. The summed E-state index contributed by atoms with van der Waals surface area (Å²) in [6.45, 7) is 0.178. The number of benzene rings is 3. The summed E-state index contributed by atoms with van der Waals surface area (Å²) >= 11 is 9.59. The van der Waals surface area contributed by atoms with Crippen molar-refractivity contribution in [2.45, 2.75) is 18.6 Å². The van der Waals surface area contributed by atoms with Crippen molar-refractivity contribution in [2.75, 3.05) is 6.79 Å². The van der Waals surface area contributed by atoms with Crippen LogP contribution in [0, 0.1) is 5.82 Å². The van der Waals surface area contributed by atoms with E-state index in [1.165, 1.54) is 6.07 Å². The van der Waals surface area contributed by atoms with Crippen LogP contribution in [-0.2, 0) is 0 Å². The molecule has 3 aromatic carbocycles. The zero-order valence-corrected chi connectivity index (χ0v) is 18.5. The van der Waals surface area contributed by atoms with Crippen LogP contribution in [0.4, 0.5) is 4.39 Å². The van der Waals surface area contributed by atoms with Gasteiger partial charge in [-0.05, 0) is 60.2 Å². The van der Waals surface area contributed by atoms with Gasteiger partial charge in [0.2, 0.25) is 6.79 Å². The summed E-state index contributed by atoms with van der Waals surface area (Å²) in [6, 6.07) is 14.9. The van der Waals surface area contributed by atoms with Gasteiger partial charge in [0.05, 0.1) is 0 Å². The van der Waals surface area contributed by atoms with E-state index in [-0.39, 0.29) is 24.4 Å². The summed E-state index contributed by atoms with van der Waals surface area (Å²) in [7, 11) is 0. The molecule has 158 valence electrons. The van der Waals surface area contributed by atoms with Crippen LogP contribution >= 0.6 is 27.5 Å². The van der Waals surface area contributed by atoms with E-state index >= 15 is 0 Å². The standard InChI is InChI=1S/C23H17BrClFN2O3/c24-13-2-4-17(26)15(8-13)23-27-18(12-1-6-21-22(7-12)31-11-30-21)10-19(28-23)16-9-14(25)3-5-20(16)29/h1-9,19,23,28-29H,10-11H2. The normalized spacial score (nSPS) is 19.9. The molecule has 5 rings (SSSR count). The molecule has 0 aliphatic carbocycles. The lowest BCUT2D eigenvalue weighted by Crippen LogP contribution is -2.33. The first-order chi connectivity index (χ1) is 15.0. The van der Waals surface area contributed by atoms with Gasteiger partial charge < -0.3 is 14.6 Å². The van der Waals surface area contributed by atoms with Crippen molar-refractivity contribution in [1.29, 1.82) is 0 Å². The molecule has 0 fully saturated rings. The minimum atomic E-state index is -0.657. The molecule has 2 unspecified atom stereocenters. The molecule has 31 heavy (non-hydrogen) atoms. The lowest BCUT2D eigenvalue weighted by molar-refractivity contribution is 0.174. The number of aliphatic imine (C=N–C) groups is 1. The van der Waals surface area contributed by atoms with E-state index < -0.39 is 6.17 Å². The van der Waals surface area contributed by atoms with Crippen molar-refractivity contribution < 1.29 is 19.0 Å². The number of phenolic OH excluding ortho intramolecular Hbond substituents is 1. The Kier molecular flexibility index (Phi) is 5.33. The summed E-state index contributed by atoms with van der Waals surface area (Å²) in [5, 5.41) is 14.3. The van der Waals surface area contributed by atoms with Crippen molar-refractivity contribution in [2.24, 2.45) is 4.99 Å². The third kappa shape index (κ3) is 4.01. The average molecular weight is 504 g/mol. The van der Waals surface area contributed by atoms with E-state index in [0.717, 1.165) is 15.7 Å². The molecular weight excluding hydrogens is 487 g/mol. The van der Waals surface area contributed by atoms with Gasteiger partial charge in [0.25, 0.3) is 0 Å². The van der Waals surface area contributed by atoms with Crippen molar-refractivity contribution >= 4 is 33.2 Å². The van der Waals surface area contributed by atoms with Crippen LogP contribution in [0.5, 0.6) is 17.2 Å². The number of rotatable bonds is 3. The Bertz CT molecular complexity index is 1200. The lowest BCUT2D eigenvalue weighted by Gasteiger charge is -2.31. The lowest BCUT2D eigenvalue weighted by atomic mass is 9.93. The van der Waals surface area contributed by atoms with Crippen molar-refractivity contribution in [1.82, 2.24) is 5.32 Å². The number of hydrogen-bond donors (Lipinski definition) is 2. The summed E-state index contributed by atoms with van der Waals surface area (Å²) in [4.78, 5) is 4.81. The van der Waals surface area contributed by atoms with Gasteiger partial charge in [-0.15, -0.1) is 0 Å². The first-order valence-corrected chi connectivity index (χ1v) is 10.8. The Balaban J connectivity index is 1.60. The summed E-state index contributed by atoms with van der Waals surface area (Å²) < 4.78 is 26.4. The Morgan fingerprint density at radius 2 is 1.87 bits per heavy atom. The minimum Gasteiger partial charge on any atom is -0.508 e. The van der Waals surface area contributed by atoms with E-state index in [1.54, 1.807) is 30.3 Å². The average Bonchev–Trinajstić information content (AvgIpc) is 3.24.